The Kier molecular flexibility index (Phi) is 5.28. The van der Waals surface area contributed by atoms with Gasteiger partial charge in [0.2, 0.25) is 0 Å². The number of carbonyl (C=O) groups is 1. The van der Waals surface area contributed by atoms with Crippen LogP contribution in [0.5, 0.6) is 0 Å². The number of alkyl halides is 2. The van der Waals surface area contributed by atoms with Gasteiger partial charge in [0.05, 0.1) is 6.61 Å². The average molecular weight is 370 g/mol. The van der Waals surface area contributed by atoms with Crippen molar-refractivity contribution in [3.63, 3.8) is 0 Å². The van der Waals surface area contributed by atoms with Crippen LogP contribution in [0.1, 0.15) is 51.9 Å². The van der Waals surface area contributed by atoms with E-state index in [-0.39, 0.29) is 18.6 Å². The molecule has 0 amide bonds. The van der Waals surface area contributed by atoms with Crippen LogP contribution in [0.25, 0.3) is 0 Å². The van der Waals surface area contributed by atoms with Crippen LogP contribution >= 0.6 is 0 Å². The van der Waals surface area contributed by atoms with Crippen molar-refractivity contribution in [1.82, 2.24) is 0 Å². The first-order valence-electron chi connectivity index (χ1n) is 8.06. The van der Waals surface area contributed by atoms with Crippen molar-refractivity contribution in [2.75, 3.05) is 13.2 Å². The molecule has 0 aromatic carbocycles. The molecule has 2 fully saturated rings. The minimum absolute atomic E-state index is 0.0277. The third-order valence-electron chi connectivity index (χ3n) is 5.41. The minimum Gasteiger partial charge on any atom is -0.460 e. The van der Waals surface area contributed by atoms with Crippen LogP contribution in [0.3, 0.4) is 0 Å². The molecule has 0 spiro atoms. The normalized spacial score (nSPS) is 34.0. The lowest BCUT2D eigenvalue weighted by molar-refractivity contribution is -0.169. The van der Waals surface area contributed by atoms with Crippen molar-refractivity contribution in [3.05, 3.63) is 0 Å². The van der Waals surface area contributed by atoms with Crippen molar-refractivity contribution < 1.29 is 36.4 Å². The highest BCUT2D eigenvalue weighted by atomic mass is 32.2. The molecule has 0 aliphatic heterocycles. The average Bonchev–Trinajstić information content (AvgIpc) is 2.42. The topological polar surface area (TPSA) is 101 Å². The number of aliphatic hydroxyl groups excluding tert-OH is 1. The van der Waals surface area contributed by atoms with Crippen LogP contribution in [0.4, 0.5) is 8.78 Å². The summed E-state index contributed by atoms with van der Waals surface area (Å²) in [4.78, 5) is 11.4. The van der Waals surface area contributed by atoms with E-state index in [1.54, 1.807) is 0 Å². The molecule has 9 heteroatoms. The van der Waals surface area contributed by atoms with Crippen molar-refractivity contribution in [2.24, 2.45) is 16.7 Å². The Morgan fingerprint density at radius 1 is 1.38 bits per heavy atom. The molecule has 0 saturated heterocycles. The van der Waals surface area contributed by atoms with Gasteiger partial charge in [0.15, 0.2) is 0 Å². The molecule has 3 atom stereocenters. The number of aliphatic hydroxyl groups is 1. The Labute approximate surface area is 140 Å². The van der Waals surface area contributed by atoms with Crippen LogP contribution in [0.2, 0.25) is 0 Å². The lowest BCUT2D eigenvalue weighted by Gasteiger charge is -2.52. The maximum atomic E-state index is 13.3. The van der Waals surface area contributed by atoms with Gasteiger partial charge in [-0.3, -0.25) is 4.55 Å². The quantitative estimate of drug-likeness (QED) is 0.550. The highest BCUT2D eigenvalue weighted by Crippen LogP contribution is 2.56. The molecule has 2 aliphatic carbocycles. The van der Waals surface area contributed by atoms with E-state index in [2.05, 4.69) is 4.74 Å². The van der Waals surface area contributed by atoms with Crippen molar-refractivity contribution in [1.29, 1.82) is 0 Å². The smallest absolute Gasteiger partial charge is 0.460 e. The fraction of sp³-hybridized carbons (Fsp3) is 0.933. The summed E-state index contributed by atoms with van der Waals surface area (Å²) in [7, 11) is -5.85. The number of carbonyl (C=O) groups excluding carboxylic acids is 1. The van der Waals surface area contributed by atoms with E-state index < -0.39 is 26.8 Å². The molecule has 2 N–H and O–H groups in total. The van der Waals surface area contributed by atoms with Gasteiger partial charge < -0.3 is 9.84 Å². The van der Waals surface area contributed by atoms with Crippen LogP contribution in [-0.4, -0.2) is 42.5 Å². The van der Waals surface area contributed by atoms with E-state index in [0.29, 0.717) is 25.2 Å². The first-order chi connectivity index (χ1) is 10.9. The zero-order chi connectivity index (χ0) is 18.2. The molecular formula is C15H24F2O6S. The summed E-state index contributed by atoms with van der Waals surface area (Å²) < 4.78 is 61.0. The Balaban J connectivity index is 2.11. The Bertz CT molecular complexity index is 593. The van der Waals surface area contributed by atoms with Gasteiger partial charge in [-0.2, -0.15) is 17.2 Å². The maximum Gasteiger partial charge on any atom is 0.465 e. The molecule has 2 rings (SSSR count). The van der Waals surface area contributed by atoms with Crippen molar-refractivity contribution >= 4 is 16.1 Å². The van der Waals surface area contributed by atoms with Crippen molar-refractivity contribution in [3.8, 4) is 0 Å². The molecule has 0 heterocycles. The van der Waals surface area contributed by atoms with Gasteiger partial charge in [0, 0.05) is 12.0 Å². The van der Waals surface area contributed by atoms with Gasteiger partial charge in [0.25, 0.3) is 0 Å². The van der Waals surface area contributed by atoms with E-state index in [0.717, 1.165) is 25.7 Å². The molecule has 0 aromatic rings. The van der Waals surface area contributed by atoms with E-state index in [1.807, 2.05) is 6.92 Å². The largest absolute Gasteiger partial charge is 0.465 e. The molecule has 2 saturated carbocycles. The predicted molar refractivity (Wildman–Crippen MR) is 80.9 cm³/mol. The van der Waals surface area contributed by atoms with E-state index >= 15 is 0 Å². The van der Waals surface area contributed by atoms with Gasteiger partial charge in [0.1, 0.15) is 0 Å². The number of rotatable bonds is 6. The molecule has 3 unspecified atom stereocenters. The fourth-order valence-corrected chi connectivity index (χ4v) is 4.91. The zero-order valence-electron chi connectivity index (χ0n) is 13.6. The summed E-state index contributed by atoms with van der Waals surface area (Å²) in [5, 5.41) is 4.31. The Morgan fingerprint density at radius 2 is 2.04 bits per heavy atom. The summed E-state index contributed by atoms with van der Waals surface area (Å²) in [5.74, 6) is -1.86. The second-order valence-electron chi connectivity index (χ2n) is 7.70. The molecule has 6 nitrogen and oxygen atoms in total. The zero-order valence-corrected chi connectivity index (χ0v) is 14.4. The van der Waals surface area contributed by atoms with Gasteiger partial charge in [-0.25, -0.2) is 4.79 Å². The van der Waals surface area contributed by atoms with Crippen molar-refractivity contribution in [2.45, 2.75) is 57.1 Å². The number of hydrogen-bond donors (Lipinski definition) is 2. The standard InChI is InChI=1S/C15H24F2O6S/c1-13(5-6-18)7-11-3-2-4-14(8-11,9-13)10-23-12(19)15(16,17)24(20,21)22/h11,18H,2-10H2,1H3,(H,20,21,22). The summed E-state index contributed by atoms with van der Waals surface area (Å²) in [6.07, 6.45) is 5.49. The molecular weight excluding hydrogens is 346 g/mol. The first kappa shape index (κ1) is 19.5. The highest BCUT2D eigenvalue weighted by molar-refractivity contribution is 7.87. The molecule has 2 bridgehead atoms. The van der Waals surface area contributed by atoms with Gasteiger partial charge in [-0.1, -0.05) is 19.8 Å². The first-order valence-corrected chi connectivity index (χ1v) is 9.50. The van der Waals surface area contributed by atoms with Crippen LogP contribution in [0.15, 0.2) is 0 Å². The summed E-state index contributed by atoms with van der Waals surface area (Å²) >= 11 is 0. The van der Waals surface area contributed by atoms with E-state index in [9.17, 15) is 27.1 Å². The third-order valence-corrected chi connectivity index (χ3v) is 6.23. The third kappa shape index (κ3) is 3.88. The second kappa shape index (κ2) is 6.49. The number of esters is 1. The van der Waals surface area contributed by atoms with Gasteiger partial charge in [-0.05, 0) is 43.4 Å². The Hall–Kier alpha value is -0.800. The minimum atomic E-state index is -5.85. The number of ether oxygens (including phenoxy) is 1. The van der Waals surface area contributed by atoms with Crippen LogP contribution < -0.4 is 0 Å². The maximum absolute atomic E-state index is 13.3. The molecule has 0 aromatic heterocycles. The lowest BCUT2D eigenvalue weighted by Crippen LogP contribution is -2.47. The number of fused-ring (bicyclic) bond motifs is 2. The Morgan fingerprint density at radius 3 is 2.62 bits per heavy atom. The lowest BCUT2D eigenvalue weighted by atomic mass is 9.54. The van der Waals surface area contributed by atoms with E-state index in [1.165, 1.54) is 0 Å². The SMILES string of the molecule is CC1(CCO)CC2CCCC(COC(=O)C(F)(F)S(=O)(=O)O)(C2)C1. The summed E-state index contributed by atoms with van der Waals surface area (Å²) in [5.41, 5.74) is -0.633. The number of halogens is 2. The number of hydrogen-bond acceptors (Lipinski definition) is 5. The molecule has 2 aliphatic rings. The second-order valence-corrected chi connectivity index (χ2v) is 9.16. The highest BCUT2D eigenvalue weighted by Gasteiger charge is 2.55. The van der Waals surface area contributed by atoms with E-state index in [4.69, 9.17) is 4.55 Å². The predicted octanol–water partition coefficient (Wildman–Crippen LogP) is 2.37. The summed E-state index contributed by atoms with van der Waals surface area (Å²) in [6.45, 7) is 1.76. The van der Waals surface area contributed by atoms with Crippen LogP contribution in [-0.2, 0) is 19.6 Å². The summed E-state index contributed by atoms with van der Waals surface area (Å²) in [6, 6.07) is 0. The van der Waals surface area contributed by atoms with Crippen LogP contribution in [0, 0.1) is 16.7 Å². The monoisotopic (exact) mass is 370 g/mol. The molecule has 24 heavy (non-hydrogen) atoms. The molecule has 0 radical (unpaired) electrons. The van der Waals surface area contributed by atoms with Gasteiger partial charge in [-0.15, -0.1) is 0 Å². The molecule has 140 valence electrons. The van der Waals surface area contributed by atoms with Gasteiger partial charge >= 0.3 is 21.3 Å². The fourth-order valence-electron chi connectivity index (χ4n) is 4.64.